The fourth-order valence-corrected chi connectivity index (χ4v) is 2.39. The lowest BCUT2D eigenvalue weighted by atomic mass is 10.1. The second-order valence-corrected chi connectivity index (χ2v) is 5.41. The molecule has 0 aliphatic carbocycles. The van der Waals surface area contributed by atoms with Gasteiger partial charge >= 0.3 is 0 Å². The summed E-state index contributed by atoms with van der Waals surface area (Å²) in [5.74, 6) is 0.491. The van der Waals surface area contributed by atoms with E-state index in [9.17, 15) is 4.39 Å². The highest BCUT2D eigenvalue weighted by atomic mass is 79.9. The maximum atomic E-state index is 13.1. The maximum absolute atomic E-state index is 13.1. The van der Waals surface area contributed by atoms with Crippen molar-refractivity contribution < 1.29 is 9.13 Å². The summed E-state index contributed by atoms with van der Waals surface area (Å²) in [6.07, 6.45) is 0.859. The Bertz CT molecular complexity index is 586. The molecule has 0 N–H and O–H groups in total. The third kappa shape index (κ3) is 3.71. The highest BCUT2D eigenvalue weighted by molar-refractivity contribution is 9.10. The van der Waals surface area contributed by atoms with Crippen LogP contribution in [0.4, 0.5) is 4.39 Å². The van der Waals surface area contributed by atoms with Crippen molar-refractivity contribution in [3.63, 3.8) is 0 Å². The van der Waals surface area contributed by atoms with Crippen LogP contribution in [0.25, 0.3) is 0 Å². The molecule has 0 amide bonds. The average Bonchev–Trinajstić information content (AvgIpc) is 2.41. The van der Waals surface area contributed by atoms with E-state index in [4.69, 9.17) is 16.3 Å². The Labute approximate surface area is 125 Å². The normalized spacial score (nSPS) is 10.5. The first kappa shape index (κ1) is 14.4. The third-order valence-corrected chi connectivity index (χ3v) is 3.76. The minimum Gasteiger partial charge on any atom is -0.489 e. The molecule has 2 aromatic carbocycles. The third-order valence-electron chi connectivity index (χ3n) is 2.79. The summed E-state index contributed by atoms with van der Waals surface area (Å²) in [6, 6.07) is 10.4. The Morgan fingerprint density at radius 2 is 2.00 bits per heavy atom. The first-order valence-electron chi connectivity index (χ1n) is 5.95. The van der Waals surface area contributed by atoms with Crippen molar-refractivity contribution in [3.05, 3.63) is 62.8 Å². The van der Waals surface area contributed by atoms with Gasteiger partial charge in [0.05, 0.1) is 4.47 Å². The molecule has 0 aliphatic heterocycles. The summed E-state index contributed by atoms with van der Waals surface area (Å²) >= 11 is 9.20. The molecule has 19 heavy (non-hydrogen) atoms. The number of hydrogen-bond acceptors (Lipinski definition) is 1. The molecule has 4 heteroatoms. The SMILES string of the molecule is CCc1cc(OCc2ccc(F)c(Br)c2)ccc1Cl. The highest BCUT2D eigenvalue weighted by Crippen LogP contribution is 2.24. The van der Waals surface area contributed by atoms with E-state index in [0.29, 0.717) is 11.1 Å². The molecule has 0 fully saturated rings. The molecule has 0 saturated carbocycles. The number of benzene rings is 2. The molecule has 0 spiro atoms. The van der Waals surface area contributed by atoms with E-state index in [1.165, 1.54) is 6.07 Å². The van der Waals surface area contributed by atoms with Gasteiger partial charge in [-0.05, 0) is 63.8 Å². The standard InChI is InChI=1S/C15H13BrClFO/c1-2-11-8-12(4-5-14(11)17)19-9-10-3-6-15(18)13(16)7-10/h3-8H,2,9H2,1H3. The minimum absolute atomic E-state index is 0.275. The van der Waals surface area contributed by atoms with Crippen LogP contribution in [0.3, 0.4) is 0 Å². The van der Waals surface area contributed by atoms with Gasteiger partial charge in [-0.25, -0.2) is 4.39 Å². The van der Waals surface area contributed by atoms with Crippen LogP contribution in [0.15, 0.2) is 40.9 Å². The lowest BCUT2D eigenvalue weighted by molar-refractivity contribution is 0.305. The van der Waals surface area contributed by atoms with Crippen molar-refractivity contribution in [2.45, 2.75) is 20.0 Å². The van der Waals surface area contributed by atoms with Crippen LogP contribution in [0.1, 0.15) is 18.1 Å². The first-order valence-corrected chi connectivity index (χ1v) is 7.12. The van der Waals surface area contributed by atoms with Crippen molar-refractivity contribution in [2.75, 3.05) is 0 Å². The van der Waals surface area contributed by atoms with Gasteiger partial charge in [-0.2, -0.15) is 0 Å². The van der Waals surface area contributed by atoms with Crippen LogP contribution in [-0.4, -0.2) is 0 Å². The number of halogens is 3. The number of hydrogen-bond donors (Lipinski definition) is 0. The fraction of sp³-hybridized carbons (Fsp3) is 0.200. The Balaban J connectivity index is 2.07. The predicted molar refractivity (Wildman–Crippen MR) is 79.3 cm³/mol. The minimum atomic E-state index is -0.275. The van der Waals surface area contributed by atoms with Crippen LogP contribution in [0.5, 0.6) is 5.75 Å². The molecule has 0 saturated heterocycles. The second kappa shape index (κ2) is 6.40. The summed E-state index contributed by atoms with van der Waals surface area (Å²) in [4.78, 5) is 0. The summed E-state index contributed by atoms with van der Waals surface area (Å²) in [6.45, 7) is 2.44. The molecule has 2 aromatic rings. The Morgan fingerprint density at radius 1 is 1.21 bits per heavy atom. The molecule has 2 rings (SSSR count). The lowest BCUT2D eigenvalue weighted by Crippen LogP contribution is -1.97. The van der Waals surface area contributed by atoms with Gasteiger partial charge in [0.15, 0.2) is 0 Å². The second-order valence-electron chi connectivity index (χ2n) is 4.14. The summed E-state index contributed by atoms with van der Waals surface area (Å²) < 4.78 is 19.2. The Morgan fingerprint density at radius 3 is 2.68 bits per heavy atom. The van der Waals surface area contributed by atoms with Crippen LogP contribution in [0, 0.1) is 5.82 Å². The monoisotopic (exact) mass is 342 g/mol. The molecular weight excluding hydrogens is 331 g/mol. The molecular formula is C15H13BrClFO. The molecule has 100 valence electrons. The van der Waals surface area contributed by atoms with E-state index in [2.05, 4.69) is 15.9 Å². The zero-order valence-corrected chi connectivity index (χ0v) is 12.8. The fourth-order valence-electron chi connectivity index (χ4n) is 1.71. The van der Waals surface area contributed by atoms with Crippen molar-refractivity contribution in [2.24, 2.45) is 0 Å². The van der Waals surface area contributed by atoms with Gasteiger partial charge in [-0.1, -0.05) is 24.6 Å². The molecule has 0 aliphatic rings. The van der Waals surface area contributed by atoms with Crippen molar-refractivity contribution in [1.29, 1.82) is 0 Å². The van der Waals surface area contributed by atoms with Crippen molar-refractivity contribution >= 4 is 27.5 Å². The van der Waals surface area contributed by atoms with E-state index in [1.807, 2.05) is 25.1 Å². The topological polar surface area (TPSA) is 9.23 Å². The van der Waals surface area contributed by atoms with Gasteiger partial charge in [0.1, 0.15) is 18.2 Å². The summed E-state index contributed by atoms with van der Waals surface area (Å²) in [5, 5.41) is 0.749. The van der Waals surface area contributed by atoms with Crippen LogP contribution >= 0.6 is 27.5 Å². The molecule has 1 nitrogen and oxygen atoms in total. The summed E-state index contributed by atoms with van der Waals surface area (Å²) in [5.41, 5.74) is 1.96. The number of ether oxygens (including phenoxy) is 1. The Kier molecular flexibility index (Phi) is 4.83. The highest BCUT2D eigenvalue weighted by Gasteiger charge is 2.03. The molecule has 0 unspecified atom stereocenters. The predicted octanol–water partition coefficient (Wildman–Crippen LogP) is 5.38. The van der Waals surface area contributed by atoms with E-state index in [-0.39, 0.29) is 5.82 Å². The van der Waals surface area contributed by atoms with Gasteiger partial charge < -0.3 is 4.74 Å². The molecule has 0 bridgehead atoms. The Hall–Kier alpha value is -1.06. The number of rotatable bonds is 4. The van der Waals surface area contributed by atoms with E-state index in [0.717, 1.165) is 28.3 Å². The zero-order valence-electron chi connectivity index (χ0n) is 10.4. The largest absolute Gasteiger partial charge is 0.489 e. The molecule has 0 aromatic heterocycles. The smallest absolute Gasteiger partial charge is 0.137 e. The summed E-state index contributed by atoms with van der Waals surface area (Å²) in [7, 11) is 0. The lowest BCUT2D eigenvalue weighted by Gasteiger charge is -2.09. The van der Waals surface area contributed by atoms with E-state index in [1.54, 1.807) is 12.1 Å². The zero-order chi connectivity index (χ0) is 13.8. The van der Waals surface area contributed by atoms with Gasteiger partial charge in [0, 0.05) is 5.02 Å². The van der Waals surface area contributed by atoms with Crippen molar-refractivity contribution in [1.82, 2.24) is 0 Å². The molecule has 0 atom stereocenters. The number of aryl methyl sites for hydroxylation is 1. The van der Waals surface area contributed by atoms with Gasteiger partial charge in [-0.15, -0.1) is 0 Å². The van der Waals surface area contributed by atoms with E-state index >= 15 is 0 Å². The maximum Gasteiger partial charge on any atom is 0.137 e. The first-order chi connectivity index (χ1) is 9.10. The van der Waals surface area contributed by atoms with Gasteiger partial charge in [-0.3, -0.25) is 0 Å². The van der Waals surface area contributed by atoms with Crippen LogP contribution in [-0.2, 0) is 13.0 Å². The molecule has 0 radical (unpaired) electrons. The van der Waals surface area contributed by atoms with Gasteiger partial charge in [0.25, 0.3) is 0 Å². The molecule has 0 heterocycles. The van der Waals surface area contributed by atoms with E-state index < -0.39 is 0 Å². The quantitative estimate of drug-likeness (QED) is 0.724. The van der Waals surface area contributed by atoms with Crippen LogP contribution in [0.2, 0.25) is 5.02 Å². The van der Waals surface area contributed by atoms with Crippen LogP contribution < -0.4 is 4.74 Å². The van der Waals surface area contributed by atoms with Crippen molar-refractivity contribution in [3.8, 4) is 5.75 Å². The van der Waals surface area contributed by atoms with Gasteiger partial charge in [0.2, 0.25) is 0 Å². The average molecular weight is 344 g/mol.